The molecule has 1 heterocycles. The van der Waals surface area contributed by atoms with Crippen LogP contribution in [-0.2, 0) is 13.1 Å². The van der Waals surface area contributed by atoms with Gasteiger partial charge >= 0.3 is 0 Å². The number of benzene rings is 3. The van der Waals surface area contributed by atoms with Gasteiger partial charge in [0, 0.05) is 36.0 Å². The quantitative estimate of drug-likeness (QED) is 0.508. The molecule has 4 rings (SSSR count). The van der Waals surface area contributed by atoms with Gasteiger partial charge in [-0.05, 0) is 42.5 Å². The Hall–Kier alpha value is -3.31. The van der Waals surface area contributed by atoms with Gasteiger partial charge in [-0.15, -0.1) is 0 Å². The number of hydrogen-bond donors (Lipinski definition) is 1. The Morgan fingerprint density at radius 2 is 1.43 bits per heavy atom. The minimum absolute atomic E-state index is 0.228. The van der Waals surface area contributed by atoms with Crippen molar-refractivity contribution >= 4 is 0 Å². The Kier molecular flexibility index (Phi) is 5.26. The van der Waals surface area contributed by atoms with Gasteiger partial charge in [0.25, 0.3) is 0 Å². The minimum Gasteiger partial charge on any atom is -0.308 e. The van der Waals surface area contributed by atoms with Crippen molar-refractivity contribution in [3.8, 4) is 16.9 Å². The van der Waals surface area contributed by atoms with Crippen molar-refractivity contribution in [1.82, 2.24) is 15.1 Å². The molecular weight excluding hydrogens is 356 g/mol. The molecule has 0 unspecified atom stereocenters. The van der Waals surface area contributed by atoms with Gasteiger partial charge in [-0.1, -0.05) is 36.4 Å². The third-order valence-corrected chi connectivity index (χ3v) is 4.52. The fourth-order valence-electron chi connectivity index (χ4n) is 3.08. The van der Waals surface area contributed by atoms with E-state index in [0.29, 0.717) is 18.7 Å². The van der Waals surface area contributed by atoms with Crippen LogP contribution >= 0.6 is 0 Å². The van der Waals surface area contributed by atoms with Crippen LogP contribution in [0.4, 0.5) is 8.78 Å². The number of nitrogens with zero attached hydrogens (tertiary/aromatic N) is 2. The van der Waals surface area contributed by atoms with E-state index in [0.717, 1.165) is 22.5 Å². The number of rotatable bonds is 6. The van der Waals surface area contributed by atoms with E-state index in [9.17, 15) is 8.78 Å². The van der Waals surface area contributed by atoms with Crippen molar-refractivity contribution < 1.29 is 8.78 Å². The molecular formula is C23H19F2N3. The Morgan fingerprint density at radius 3 is 2.18 bits per heavy atom. The van der Waals surface area contributed by atoms with E-state index in [1.807, 2.05) is 42.6 Å². The topological polar surface area (TPSA) is 29.9 Å². The zero-order valence-electron chi connectivity index (χ0n) is 15.1. The van der Waals surface area contributed by atoms with Crippen molar-refractivity contribution in [3.63, 3.8) is 0 Å². The van der Waals surface area contributed by atoms with Crippen LogP contribution in [-0.4, -0.2) is 9.78 Å². The molecule has 5 heteroatoms. The van der Waals surface area contributed by atoms with E-state index in [1.165, 1.54) is 18.2 Å². The lowest BCUT2D eigenvalue weighted by Gasteiger charge is -2.06. The molecule has 28 heavy (non-hydrogen) atoms. The van der Waals surface area contributed by atoms with E-state index < -0.39 is 0 Å². The molecule has 0 bridgehead atoms. The summed E-state index contributed by atoms with van der Waals surface area (Å²) in [6.07, 6.45) is 1.95. The standard InChI is InChI=1S/C23H19F2N3/c24-20-12-10-17(11-13-20)23-19(15-26-14-18-6-4-5-9-22(18)25)16-28(27-23)21-7-2-1-3-8-21/h1-13,16,26H,14-15H2. The fourth-order valence-corrected chi connectivity index (χ4v) is 3.08. The van der Waals surface area contributed by atoms with Crippen molar-refractivity contribution in [3.05, 3.63) is 108 Å². The summed E-state index contributed by atoms with van der Waals surface area (Å²) in [5, 5.41) is 7.98. The number of halogens is 2. The fraction of sp³-hybridized carbons (Fsp3) is 0.0870. The Balaban J connectivity index is 1.61. The summed E-state index contributed by atoms with van der Waals surface area (Å²) < 4.78 is 29.0. The average Bonchev–Trinajstić information content (AvgIpc) is 3.15. The molecule has 4 aromatic rings. The normalized spacial score (nSPS) is 10.9. The lowest BCUT2D eigenvalue weighted by atomic mass is 10.1. The van der Waals surface area contributed by atoms with Crippen LogP contribution in [0.3, 0.4) is 0 Å². The maximum atomic E-state index is 13.8. The minimum atomic E-state index is -0.287. The second-order valence-electron chi connectivity index (χ2n) is 6.48. The maximum absolute atomic E-state index is 13.8. The first kappa shape index (κ1) is 18.1. The summed E-state index contributed by atoms with van der Waals surface area (Å²) in [7, 11) is 0. The van der Waals surface area contributed by atoms with Gasteiger partial charge in [-0.3, -0.25) is 0 Å². The predicted octanol–water partition coefficient (Wildman–Crippen LogP) is 5.11. The van der Waals surface area contributed by atoms with E-state index in [1.54, 1.807) is 28.9 Å². The van der Waals surface area contributed by atoms with Gasteiger partial charge in [0.05, 0.1) is 11.4 Å². The van der Waals surface area contributed by atoms with E-state index in [2.05, 4.69) is 5.32 Å². The van der Waals surface area contributed by atoms with E-state index >= 15 is 0 Å². The SMILES string of the molecule is Fc1ccc(-c2nn(-c3ccccc3)cc2CNCc2ccccc2F)cc1. The highest BCUT2D eigenvalue weighted by Crippen LogP contribution is 2.24. The molecule has 1 aromatic heterocycles. The first-order chi connectivity index (χ1) is 13.7. The second-order valence-corrected chi connectivity index (χ2v) is 6.48. The zero-order chi connectivity index (χ0) is 19.3. The number of para-hydroxylation sites is 1. The molecule has 0 spiro atoms. The first-order valence-corrected chi connectivity index (χ1v) is 9.05. The Labute approximate surface area is 162 Å². The van der Waals surface area contributed by atoms with Gasteiger partial charge in [0.15, 0.2) is 0 Å². The highest BCUT2D eigenvalue weighted by molar-refractivity contribution is 5.63. The lowest BCUT2D eigenvalue weighted by Crippen LogP contribution is -2.13. The van der Waals surface area contributed by atoms with Gasteiger partial charge in [-0.25, -0.2) is 13.5 Å². The van der Waals surface area contributed by atoms with Crippen LogP contribution in [0.15, 0.2) is 85.1 Å². The van der Waals surface area contributed by atoms with Gasteiger partial charge in [0.2, 0.25) is 0 Å². The highest BCUT2D eigenvalue weighted by Gasteiger charge is 2.13. The monoisotopic (exact) mass is 375 g/mol. The summed E-state index contributed by atoms with van der Waals surface area (Å²) in [5.41, 5.74) is 4.10. The molecule has 0 aliphatic rings. The van der Waals surface area contributed by atoms with Crippen LogP contribution < -0.4 is 5.32 Å². The van der Waals surface area contributed by atoms with Crippen molar-refractivity contribution in [2.45, 2.75) is 13.1 Å². The molecule has 0 saturated carbocycles. The molecule has 0 amide bonds. The predicted molar refractivity (Wildman–Crippen MR) is 106 cm³/mol. The van der Waals surface area contributed by atoms with Crippen molar-refractivity contribution in [1.29, 1.82) is 0 Å². The largest absolute Gasteiger partial charge is 0.308 e. The molecule has 0 atom stereocenters. The summed E-state index contributed by atoms with van der Waals surface area (Å²) in [5.74, 6) is -0.515. The first-order valence-electron chi connectivity index (χ1n) is 9.05. The molecule has 0 aliphatic carbocycles. The number of hydrogen-bond acceptors (Lipinski definition) is 2. The number of nitrogens with one attached hydrogen (secondary N) is 1. The van der Waals surface area contributed by atoms with Gasteiger partial charge in [0.1, 0.15) is 11.6 Å². The smallest absolute Gasteiger partial charge is 0.127 e. The summed E-state index contributed by atoms with van der Waals surface area (Å²) in [4.78, 5) is 0. The van der Waals surface area contributed by atoms with Crippen molar-refractivity contribution in [2.75, 3.05) is 0 Å². The molecule has 0 aliphatic heterocycles. The van der Waals surface area contributed by atoms with Gasteiger partial charge in [-0.2, -0.15) is 5.10 Å². The molecule has 0 radical (unpaired) electrons. The average molecular weight is 375 g/mol. The maximum Gasteiger partial charge on any atom is 0.127 e. The third-order valence-electron chi connectivity index (χ3n) is 4.52. The highest BCUT2D eigenvalue weighted by atomic mass is 19.1. The van der Waals surface area contributed by atoms with Crippen LogP contribution in [0, 0.1) is 11.6 Å². The lowest BCUT2D eigenvalue weighted by molar-refractivity contribution is 0.588. The van der Waals surface area contributed by atoms with E-state index in [4.69, 9.17) is 5.10 Å². The Bertz CT molecular complexity index is 1060. The van der Waals surface area contributed by atoms with Crippen molar-refractivity contribution in [2.24, 2.45) is 0 Å². The molecule has 1 N–H and O–H groups in total. The molecule has 0 saturated heterocycles. The summed E-state index contributed by atoms with van der Waals surface area (Å²) in [6.45, 7) is 0.917. The summed E-state index contributed by atoms with van der Waals surface area (Å²) >= 11 is 0. The van der Waals surface area contributed by atoms with Crippen LogP contribution in [0.2, 0.25) is 0 Å². The molecule has 3 nitrogen and oxygen atoms in total. The molecule has 0 fully saturated rings. The third kappa shape index (κ3) is 4.00. The zero-order valence-corrected chi connectivity index (χ0v) is 15.1. The van der Waals surface area contributed by atoms with E-state index in [-0.39, 0.29) is 11.6 Å². The van der Waals surface area contributed by atoms with Crippen LogP contribution in [0.1, 0.15) is 11.1 Å². The van der Waals surface area contributed by atoms with Gasteiger partial charge < -0.3 is 5.32 Å². The second kappa shape index (κ2) is 8.15. The molecule has 140 valence electrons. The Morgan fingerprint density at radius 1 is 0.750 bits per heavy atom. The summed E-state index contributed by atoms with van der Waals surface area (Å²) in [6, 6.07) is 22.8. The van der Waals surface area contributed by atoms with Crippen LogP contribution in [0.5, 0.6) is 0 Å². The van der Waals surface area contributed by atoms with Crippen LogP contribution in [0.25, 0.3) is 16.9 Å². The molecule has 3 aromatic carbocycles. The number of aromatic nitrogens is 2.